The number of nitrogens with two attached hydrogens (primary N) is 1. The van der Waals surface area contributed by atoms with Crippen LogP contribution in [0.25, 0.3) is 27.1 Å². The zero-order chi connectivity index (χ0) is 22.4. The number of nitrogen functional groups attached to an aromatic ring is 1. The lowest BCUT2D eigenvalue weighted by molar-refractivity contribution is 0.0601. The summed E-state index contributed by atoms with van der Waals surface area (Å²) in [6.07, 6.45) is 2.93. The van der Waals surface area contributed by atoms with Gasteiger partial charge in [0.1, 0.15) is 22.7 Å². The van der Waals surface area contributed by atoms with Crippen LogP contribution in [0, 0.1) is 6.92 Å². The predicted octanol–water partition coefficient (Wildman–Crippen LogP) is 2.31. The zero-order valence-electron chi connectivity index (χ0n) is 17.1. The van der Waals surface area contributed by atoms with Crippen LogP contribution in [0.5, 0.6) is 0 Å². The van der Waals surface area contributed by atoms with Gasteiger partial charge in [0.15, 0.2) is 11.5 Å². The number of imidazole rings is 1. The Kier molecular flexibility index (Phi) is 4.67. The second-order valence-electron chi connectivity index (χ2n) is 7.07. The Labute approximate surface area is 185 Å². The van der Waals surface area contributed by atoms with Crippen LogP contribution >= 0.6 is 11.3 Å². The average Bonchev–Trinajstić information content (AvgIpc) is 3.42. The Balaban J connectivity index is 1.79. The van der Waals surface area contributed by atoms with Crippen LogP contribution in [0.3, 0.4) is 0 Å². The lowest BCUT2D eigenvalue weighted by atomic mass is 10.1. The van der Waals surface area contributed by atoms with E-state index >= 15 is 0 Å². The average molecular weight is 447 g/mol. The van der Waals surface area contributed by atoms with Gasteiger partial charge in [-0.3, -0.25) is 9.36 Å². The molecule has 0 atom stereocenters. The number of aromatic nitrogens is 6. The minimum absolute atomic E-state index is 0.171. The number of methoxy groups -OCH3 is 1. The number of rotatable bonds is 4. The molecule has 2 N–H and O–H groups in total. The highest BCUT2D eigenvalue weighted by molar-refractivity contribution is 7.13. The first-order valence-electron chi connectivity index (χ1n) is 9.58. The molecule has 0 fully saturated rings. The van der Waals surface area contributed by atoms with Crippen LogP contribution in [-0.4, -0.2) is 42.1 Å². The third kappa shape index (κ3) is 3.02. The standard InChI is InChI=1S/C21H17N7O3S/c1-11-4-3-5-13-15(11)19(29)28(20-12(6-7-32-20)21(30)31-2)14(26-13)8-27-10-25-16-17(22)23-9-24-18(16)27/h3-7,9-10H,8H2,1-2H3,(H2,22,23,24). The van der Waals surface area contributed by atoms with Gasteiger partial charge >= 0.3 is 5.97 Å². The summed E-state index contributed by atoms with van der Waals surface area (Å²) >= 11 is 1.26. The molecule has 0 aliphatic carbocycles. The summed E-state index contributed by atoms with van der Waals surface area (Å²) in [6, 6.07) is 7.13. The van der Waals surface area contributed by atoms with E-state index in [0.29, 0.717) is 32.9 Å². The molecule has 10 nitrogen and oxygen atoms in total. The monoisotopic (exact) mass is 447 g/mol. The highest BCUT2D eigenvalue weighted by atomic mass is 32.1. The molecule has 0 aliphatic rings. The molecular weight excluding hydrogens is 430 g/mol. The van der Waals surface area contributed by atoms with E-state index in [1.807, 2.05) is 19.1 Å². The Morgan fingerprint density at radius 3 is 2.88 bits per heavy atom. The molecule has 5 rings (SSSR count). The number of anilines is 1. The maximum Gasteiger partial charge on any atom is 0.340 e. The number of benzene rings is 1. The van der Waals surface area contributed by atoms with Crippen LogP contribution < -0.4 is 11.3 Å². The van der Waals surface area contributed by atoms with Gasteiger partial charge in [-0.1, -0.05) is 12.1 Å². The molecule has 0 aliphatic heterocycles. The summed E-state index contributed by atoms with van der Waals surface area (Å²) in [5.41, 5.74) is 8.27. The number of hydrogen-bond donors (Lipinski definition) is 1. The lowest BCUT2D eigenvalue weighted by Gasteiger charge is -2.15. The molecule has 0 saturated heterocycles. The molecule has 0 amide bonds. The molecule has 0 radical (unpaired) electrons. The summed E-state index contributed by atoms with van der Waals surface area (Å²) in [6.45, 7) is 2.03. The molecule has 4 heterocycles. The van der Waals surface area contributed by atoms with E-state index in [4.69, 9.17) is 15.5 Å². The van der Waals surface area contributed by atoms with E-state index in [1.165, 1.54) is 29.3 Å². The van der Waals surface area contributed by atoms with Gasteiger partial charge in [0, 0.05) is 0 Å². The maximum absolute atomic E-state index is 13.7. The van der Waals surface area contributed by atoms with Crippen molar-refractivity contribution in [2.75, 3.05) is 12.8 Å². The van der Waals surface area contributed by atoms with Gasteiger partial charge in [-0.2, -0.15) is 0 Å². The number of ether oxygens (including phenoxy) is 1. The second-order valence-corrected chi connectivity index (χ2v) is 7.97. The first-order valence-corrected chi connectivity index (χ1v) is 10.5. The number of esters is 1. The van der Waals surface area contributed by atoms with Gasteiger partial charge in [0.25, 0.3) is 5.56 Å². The van der Waals surface area contributed by atoms with Crippen molar-refractivity contribution in [3.05, 3.63) is 69.6 Å². The fourth-order valence-electron chi connectivity index (χ4n) is 3.66. The number of nitrogens with zero attached hydrogens (tertiary/aromatic N) is 6. The third-order valence-corrected chi connectivity index (χ3v) is 6.07. The van der Waals surface area contributed by atoms with Gasteiger partial charge in [0.05, 0.1) is 36.4 Å². The Morgan fingerprint density at radius 2 is 2.06 bits per heavy atom. The second kappa shape index (κ2) is 7.54. The van der Waals surface area contributed by atoms with Crippen molar-refractivity contribution in [3.63, 3.8) is 0 Å². The summed E-state index contributed by atoms with van der Waals surface area (Å²) in [4.78, 5) is 43.3. The van der Waals surface area contributed by atoms with Crippen molar-refractivity contribution >= 4 is 45.2 Å². The SMILES string of the molecule is COC(=O)c1ccsc1-n1c(Cn2cnc3c(N)ncnc32)nc2cccc(C)c2c1=O. The Hall–Kier alpha value is -4.12. The molecule has 160 valence electrons. The first-order chi connectivity index (χ1) is 15.5. The normalized spacial score (nSPS) is 11.3. The highest BCUT2D eigenvalue weighted by Gasteiger charge is 2.22. The van der Waals surface area contributed by atoms with E-state index in [2.05, 4.69) is 15.0 Å². The first kappa shape index (κ1) is 19.8. The smallest absolute Gasteiger partial charge is 0.340 e. The molecule has 32 heavy (non-hydrogen) atoms. The lowest BCUT2D eigenvalue weighted by Crippen LogP contribution is -2.26. The van der Waals surface area contributed by atoms with Crippen molar-refractivity contribution in [1.82, 2.24) is 29.1 Å². The molecule has 0 spiro atoms. The van der Waals surface area contributed by atoms with Crippen molar-refractivity contribution in [1.29, 1.82) is 0 Å². The number of fused-ring (bicyclic) bond motifs is 2. The van der Waals surface area contributed by atoms with E-state index < -0.39 is 5.97 Å². The molecule has 0 bridgehead atoms. The molecular formula is C21H17N7O3S. The maximum atomic E-state index is 13.7. The van der Waals surface area contributed by atoms with Gasteiger partial charge in [-0.15, -0.1) is 11.3 Å². The van der Waals surface area contributed by atoms with E-state index in [1.54, 1.807) is 28.4 Å². The summed E-state index contributed by atoms with van der Waals surface area (Å²) < 4.78 is 8.11. The fourth-order valence-corrected chi connectivity index (χ4v) is 4.57. The fraction of sp³-hybridized carbons (Fsp3) is 0.143. The van der Waals surface area contributed by atoms with Crippen molar-refractivity contribution < 1.29 is 9.53 Å². The van der Waals surface area contributed by atoms with Gasteiger partial charge in [-0.05, 0) is 30.0 Å². The molecule has 1 aromatic carbocycles. The predicted molar refractivity (Wildman–Crippen MR) is 120 cm³/mol. The van der Waals surface area contributed by atoms with Gasteiger partial charge in [-0.25, -0.2) is 24.7 Å². The molecule has 4 aromatic heterocycles. The molecule has 0 saturated carbocycles. The van der Waals surface area contributed by atoms with Crippen LogP contribution in [0.15, 0.2) is 47.1 Å². The zero-order valence-corrected chi connectivity index (χ0v) is 18.0. The topological polar surface area (TPSA) is 131 Å². The van der Waals surface area contributed by atoms with Crippen LogP contribution in [0.4, 0.5) is 5.82 Å². The third-order valence-electron chi connectivity index (χ3n) is 5.17. The van der Waals surface area contributed by atoms with Gasteiger partial charge in [0.2, 0.25) is 0 Å². The van der Waals surface area contributed by atoms with Crippen molar-refractivity contribution in [3.8, 4) is 5.00 Å². The van der Waals surface area contributed by atoms with E-state index in [0.717, 1.165) is 5.56 Å². The molecule has 5 aromatic rings. The Bertz CT molecular complexity index is 1570. The summed E-state index contributed by atoms with van der Waals surface area (Å²) in [7, 11) is 1.30. The highest BCUT2D eigenvalue weighted by Crippen LogP contribution is 2.25. The molecule has 0 unspecified atom stereocenters. The number of thiophene rings is 1. The number of aryl methyl sites for hydroxylation is 1. The van der Waals surface area contributed by atoms with E-state index in [-0.39, 0.29) is 23.5 Å². The van der Waals surface area contributed by atoms with Crippen LogP contribution in [-0.2, 0) is 11.3 Å². The number of carbonyl (C=O) groups excluding carboxylic acids is 1. The number of carbonyl (C=O) groups is 1. The largest absolute Gasteiger partial charge is 0.465 e. The number of hydrogen-bond acceptors (Lipinski definition) is 9. The quantitative estimate of drug-likeness (QED) is 0.415. The minimum Gasteiger partial charge on any atom is -0.465 e. The summed E-state index contributed by atoms with van der Waals surface area (Å²) in [5, 5.41) is 2.66. The molecule has 11 heteroatoms. The van der Waals surface area contributed by atoms with Crippen molar-refractivity contribution in [2.24, 2.45) is 0 Å². The van der Waals surface area contributed by atoms with Crippen LogP contribution in [0.1, 0.15) is 21.7 Å². The summed E-state index contributed by atoms with van der Waals surface area (Å²) in [5.74, 6) is 0.147. The van der Waals surface area contributed by atoms with Crippen LogP contribution in [0.2, 0.25) is 0 Å². The Morgan fingerprint density at radius 1 is 1.22 bits per heavy atom. The van der Waals surface area contributed by atoms with Crippen molar-refractivity contribution in [2.45, 2.75) is 13.5 Å². The van der Waals surface area contributed by atoms with E-state index in [9.17, 15) is 9.59 Å². The van der Waals surface area contributed by atoms with Gasteiger partial charge < -0.3 is 15.0 Å². The minimum atomic E-state index is -0.530.